The van der Waals surface area contributed by atoms with Gasteiger partial charge in [0, 0.05) is 30.4 Å². The summed E-state index contributed by atoms with van der Waals surface area (Å²) in [4.78, 5) is 4.20. The fourth-order valence-electron chi connectivity index (χ4n) is 2.04. The van der Waals surface area contributed by atoms with Gasteiger partial charge in [-0.1, -0.05) is 30.3 Å². The molecule has 0 aliphatic rings. The zero-order chi connectivity index (χ0) is 14.9. The number of hydrogen-bond acceptors (Lipinski definition) is 2. The fraction of sp³-hybridized carbons (Fsp3) is 0.125. The summed E-state index contributed by atoms with van der Waals surface area (Å²) in [5.74, 6) is -2.11. The molecular formula is C16H13F2N3. The van der Waals surface area contributed by atoms with E-state index < -0.39 is 5.92 Å². The molecule has 0 saturated carbocycles. The molecule has 0 aliphatic carbocycles. The molecule has 0 N–H and O–H groups in total. The van der Waals surface area contributed by atoms with E-state index in [1.165, 1.54) is 12.1 Å². The first-order valence-corrected chi connectivity index (χ1v) is 6.49. The highest BCUT2D eigenvalue weighted by molar-refractivity contribution is 5.62. The zero-order valence-electron chi connectivity index (χ0n) is 11.4. The highest BCUT2D eigenvalue weighted by atomic mass is 19.3. The van der Waals surface area contributed by atoms with Crippen molar-refractivity contribution in [3.63, 3.8) is 0 Å². The number of alkyl halides is 2. The molecule has 0 atom stereocenters. The summed E-state index contributed by atoms with van der Waals surface area (Å²) in [6.07, 6.45) is 5.20. The second-order valence-corrected chi connectivity index (χ2v) is 4.83. The monoisotopic (exact) mass is 285 g/mol. The van der Waals surface area contributed by atoms with Crippen molar-refractivity contribution >= 4 is 0 Å². The largest absolute Gasteiger partial charge is 0.270 e. The Morgan fingerprint density at radius 2 is 1.76 bits per heavy atom. The van der Waals surface area contributed by atoms with Gasteiger partial charge in [0.05, 0.1) is 6.20 Å². The fourth-order valence-corrected chi connectivity index (χ4v) is 2.04. The molecule has 1 aromatic carbocycles. The number of benzene rings is 1. The molecule has 3 rings (SSSR count). The van der Waals surface area contributed by atoms with Crippen LogP contribution in [0.3, 0.4) is 0 Å². The molecule has 2 heterocycles. The van der Waals surface area contributed by atoms with E-state index in [9.17, 15) is 8.78 Å². The minimum Gasteiger partial charge on any atom is -0.237 e. The van der Waals surface area contributed by atoms with Gasteiger partial charge < -0.3 is 0 Å². The summed E-state index contributed by atoms with van der Waals surface area (Å²) >= 11 is 0. The van der Waals surface area contributed by atoms with Gasteiger partial charge in [-0.15, -0.1) is 0 Å². The normalized spacial score (nSPS) is 11.6. The Bertz CT molecular complexity index is 728. The Kier molecular flexibility index (Phi) is 3.25. The van der Waals surface area contributed by atoms with Crippen LogP contribution in [0.5, 0.6) is 0 Å². The summed E-state index contributed by atoms with van der Waals surface area (Å²) in [7, 11) is 0. The number of halogens is 2. The number of hydrogen-bond donors (Lipinski definition) is 0. The van der Waals surface area contributed by atoms with Crippen LogP contribution in [0.25, 0.3) is 16.9 Å². The lowest BCUT2D eigenvalue weighted by Gasteiger charge is -2.10. The first-order valence-electron chi connectivity index (χ1n) is 6.49. The third-order valence-electron chi connectivity index (χ3n) is 3.19. The van der Waals surface area contributed by atoms with Crippen LogP contribution in [0.2, 0.25) is 0 Å². The first kappa shape index (κ1) is 13.4. The molecule has 0 spiro atoms. The summed E-state index contributed by atoms with van der Waals surface area (Å²) in [6.45, 7) is 0.890. The first-order chi connectivity index (χ1) is 10.0. The third kappa shape index (κ3) is 2.81. The van der Waals surface area contributed by atoms with E-state index in [2.05, 4.69) is 10.1 Å². The topological polar surface area (TPSA) is 30.7 Å². The molecule has 106 valence electrons. The van der Waals surface area contributed by atoms with Gasteiger partial charge in [-0.2, -0.15) is 5.10 Å². The molecule has 0 bridgehead atoms. The molecule has 0 radical (unpaired) electrons. The van der Waals surface area contributed by atoms with Gasteiger partial charge in [0.2, 0.25) is 0 Å². The Balaban J connectivity index is 1.90. The van der Waals surface area contributed by atoms with Gasteiger partial charge in [-0.05, 0) is 17.7 Å². The molecule has 0 aliphatic heterocycles. The van der Waals surface area contributed by atoms with Crippen LogP contribution in [0, 0.1) is 0 Å². The van der Waals surface area contributed by atoms with E-state index in [1.807, 2.05) is 24.4 Å². The lowest BCUT2D eigenvalue weighted by Crippen LogP contribution is -2.06. The summed E-state index contributed by atoms with van der Waals surface area (Å²) in [6, 6.07) is 11.8. The maximum absolute atomic E-state index is 13.2. The molecule has 5 heteroatoms. The van der Waals surface area contributed by atoms with Gasteiger partial charge in [0.25, 0.3) is 5.92 Å². The van der Waals surface area contributed by atoms with Crippen molar-refractivity contribution < 1.29 is 8.78 Å². The number of rotatable bonds is 3. The van der Waals surface area contributed by atoms with Crippen LogP contribution in [0.15, 0.2) is 61.1 Å². The number of pyridine rings is 1. The Hall–Kier alpha value is -2.56. The van der Waals surface area contributed by atoms with E-state index >= 15 is 0 Å². The quantitative estimate of drug-likeness (QED) is 0.727. The van der Waals surface area contributed by atoms with Gasteiger partial charge in [-0.3, -0.25) is 0 Å². The summed E-state index contributed by atoms with van der Waals surface area (Å²) < 4.78 is 28.0. The number of nitrogens with zero attached hydrogens (tertiary/aromatic N) is 3. The van der Waals surface area contributed by atoms with Crippen LogP contribution >= 0.6 is 0 Å². The molecule has 0 saturated heterocycles. The Morgan fingerprint density at radius 3 is 2.38 bits per heavy atom. The molecule has 21 heavy (non-hydrogen) atoms. The van der Waals surface area contributed by atoms with Crippen molar-refractivity contribution in [3.05, 3.63) is 66.6 Å². The smallest absolute Gasteiger partial charge is 0.237 e. The van der Waals surface area contributed by atoms with Crippen LogP contribution in [-0.2, 0) is 5.92 Å². The van der Waals surface area contributed by atoms with Crippen molar-refractivity contribution in [1.29, 1.82) is 0 Å². The van der Waals surface area contributed by atoms with Crippen LogP contribution < -0.4 is 0 Å². The maximum Gasteiger partial charge on any atom is 0.270 e. The second kappa shape index (κ2) is 5.09. The van der Waals surface area contributed by atoms with Crippen molar-refractivity contribution in [3.8, 4) is 16.9 Å². The highest BCUT2D eigenvalue weighted by Crippen LogP contribution is 2.29. The Morgan fingerprint density at radius 1 is 1.00 bits per heavy atom. The second-order valence-electron chi connectivity index (χ2n) is 4.83. The minimum absolute atomic E-state index is 0.00312. The molecule has 3 aromatic rings. The predicted molar refractivity (Wildman–Crippen MR) is 76.4 cm³/mol. The molecule has 0 unspecified atom stereocenters. The molecule has 2 aromatic heterocycles. The van der Waals surface area contributed by atoms with Crippen LogP contribution in [-0.4, -0.2) is 14.8 Å². The SMILES string of the molecule is CC(F)(F)c1ccc(-c2cnn(-c3ccccn3)c2)cc1. The average molecular weight is 285 g/mol. The standard InChI is InChI=1S/C16H13F2N3/c1-16(17,18)14-7-5-12(6-8-14)13-10-20-21(11-13)15-4-2-3-9-19-15/h2-11H,1H3. The van der Waals surface area contributed by atoms with E-state index in [0.29, 0.717) is 5.82 Å². The van der Waals surface area contributed by atoms with Crippen molar-refractivity contribution in [2.75, 3.05) is 0 Å². The lowest BCUT2D eigenvalue weighted by atomic mass is 10.0. The van der Waals surface area contributed by atoms with Crippen molar-refractivity contribution in [2.24, 2.45) is 0 Å². The molecule has 0 amide bonds. The van der Waals surface area contributed by atoms with Gasteiger partial charge in [0.1, 0.15) is 0 Å². The third-order valence-corrected chi connectivity index (χ3v) is 3.19. The molecule has 0 fully saturated rings. The predicted octanol–water partition coefficient (Wildman–Crippen LogP) is 4.05. The average Bonchev–Trinajstić information content (AvgIpc) is 2.97. The molecular weight excluding hydrogens is 272 g/mol. The van der Waals surface area contributed by atoms with Crippen LogP contribution in [0.4, 0.5) is 8.78 Å². The van der Waals surface area contributed by atoms with Crippen molar-refractivity contribution in [2.45, 2.75) is 12.8 Å². The van der Waals surface area contributed by atoms with E-state index in [4.69, 9.17) is 0 Å². The van der Waals surface area contributed by atoms with E-state index in [0.717, 1.165) is 18.1 Å². The van der Waals surface area contributed by atoms with Gasteiger partial charge >= 0.3 is 0 Å². The van der Waals surface area contributed by atoms with Crippen LogP contribution in [0.1, 0.15) is 12.5 Å². The summed E-state index contributed by atoms with van der Waals surface area (Å²) in [5.41, 5.74) is 1.69. The zero-order valence-corrected chi connectivity index (χ0v) is 11.4. The van der Waals surface area contributed by atoms with Gasteiger partial charge in [-0.25, -0.2) is 18.4 Å². The summed E-state index contributed by atoms with van der Waals surface area (Å²) in [5, 5.41) is 4.24. The minimum atomic E-state index is -2.82. The van der Waals surface area contributed by atoms with E-state index in [-0.39, 0.29) is 5.56 Å². The Labute approximate surface area is 120 Å². The van der Waals surface area contributed by atoms with Gasteiger partial charge in [0.15, 0.2) is 5.82 Å². The van der Waals surface area contributed by atoms with E-state index in [1.54, 1.807) is 29.2 Å². The molecule has 3 nitrogen and oxygen atoms in total. The number of aromatic nitrogens is 3. The highest BCUT2D eigenvalue weighted by Gasteiger charge is 2.23. The van der Waals surface area contributed by atoms with Crippen molar-refractivity contribution in [1.82, 2.24) is 14.8 Å². The maximum atomic E-state index is 13.2. The lowest BCUT2D eigenvalue weighted by molar-refractivity contribution is 0.0175.